The topological polar surface area (TPSA) is 157 Å². The molecule has 0 aromatic heterocycles. The van der Waals surface area contributed by atoms with Gasteiger partial charge in [-0.05, 0) is 82.5 Å². The van der Waals surface area contributed by atoms with Crippen LogP contribution in [0.25, 0.3) is 0 Å². The molecule has 0 aliphatic heterocycles. The Hall–Kier alpha value is -3.51. The lowest BCUT2D eigenvalue weighted by atomic mass is 9.96. The van der Waals surface area contributed by atoms with Crippen LogP contribution in [-0.4, -0.2) is 125 Å². The first kappa shape index (κ1) is 47.5. The molecule has 0 spiro atoms. The summed E-state index contributed by atoms with van der Waals surface area (Å²) in [6, 6.07) is -5.23. The van der Waals surface area contributed by atoms with E-state index in [1.165, 1.54) is 54.7 Å². The van der Waals surface area contributed by atoms with Crippen LogP contribution in [0.3, 0.4) is 0 Å². The Morgan fingerprint density at radius 1 is 0.509 bits per heavy atom. The summed E-state index contributed by atoms with van der Waals surface area (Å²) in [4.78, 5) is 99.7. The van der Waals surface area contributed by atoms with Gasteiger partial charge in [-0.1, -0.05) is 62.3 Å². The molecule has 6 amide bonds. The number of carbonyl (C=O) groups excluding carboxylic acids is 7. The second kappa shape index (κ2) is 20.2. The van der Waals surface area contributed by atoms with Gasteiger partial charge in [0.15, 0.2) is 5.78 Å². The summed E-state index contributed by atoms with van der Waals surface area (Å²) in [7, 11) is 6.11. The highest BCUT2D eigenvalue weighted by molar-refractivity contribution is 5.97. The number of nitrogens with zero attached hydrogens (tertiary/aromatic N) is 4. The molecule has 13 nitrogen and oxygen atoms in total. The van der Waals surface area contributed by atoms with E-state index < -0.39 is 59.9 Å². The maximum Gasteiger partial charge on any atom is 0.245 e. The van der Waals surface area contributed by atoms with Gasteiger partial charge in [0.1, 0.15) is 30.2 Å². The fourth-order valence-corrected chi connectivity index (χ4v) is 6.97. The van der Waals surface area contributed by atoms with E-state index in [-0.39, 0.29) is 53.1 Å². The standard InChI is InChI=1S/C40H72N6O7/c1-21(2)18-24(7)35(48)41-31(19-22(3)4)39(52)44(15)29(12)38(51)46(17)32(20-23(5)6)36(49)42-34(33-25(8)26(33)9)40(53)45(16)28(11)37(50)43(14)27(10)30(13)47/h21-29,31-34H,18-20H2,1-17H3,(H,41,48)(H,42,49)/t24-,25+,26+,27-,28+,29+,31-,32+,34+/m1/s1. The van der Waals surface area contributed by atoms with Gasteiger partial charge in [0.05, 0.1) is 6.04 Å². The molecule has 0 bridgehead atoms. The number of Topliss-reactive ketones (excluding diaryl/α,β-unsaturated/α-hetero) is 1. The summed E-state index contributed by atoms with van der Waals surface area (Å²) in [5.41, 5.74) is 0. The largest absolute Gasteiger partial charge is 0.344 e. The van der Waals surface area contributed by atoms with Crippen LogP contribution in [0.2, 0.25) is 0 Å². The van der Waals surface area contributed by atoms with Crippen molar-refractivity contribution in [2.24, 2.45) is 41.4 Å². The second-order valence-electron chi connectivity index (χ2n) is 17.1. The van der Waals surface area contributed by atoms with Crippen LogP contribution in [0.15, 0.2) is 0 Å². The first-order valence-electron chi connectivity index (χ1n) is 19.5. The van der Waals surface area contributed by atoms with Crippen molar-refractivity contribution >= 4 is 41.2 Å². The third-order valence-electron chi connectivity index (χ3n) is 11.3. The molecule has 1 aliphatic carbocycles. The van der Waals surface area contributed by atoms with Gasteiger partial charge in [-0.15, -0.1) is 0 Å². The Morgan fingerprint density at radius 2 is 0.925 bits per heavy atom. The van der Waals surface area contributed by atoms with Crippen LogP contribution >= 0.6 is 0 Å². The average Bonchev–Trinajstić information content (AvgIpc) is 3.68. The lowest BCUT2D eigenvalue weighted by Crippen LogP contribution is -2.60. The highest BCUT2D eigenvalue weighted by atomic mass is 16.2. The van der Waals surface area contributed by atoms with Crippen molar-refractivity contribution in [3.8, 4) is 0 Å². The van der Waals surface area contributed by atoms with Gasteiger partial charge in [-0.25, -0.2) is 0 Å². The van der Waals surface area contributed by atoms with Gasteiger partial charge >= 0.3 is 0 Å². The Labute approximate surface area is 319 Å². The summed E-state index contributed by atoms with van der Waals surface area (Å²) >= 11 is 0. The molecule has 2 N–H and O–H groups in total. The van der Waals surface area contributed by atoms with E-state index in [1.807, 2.05) is 62.3 Å². The van der Waals surface area contributed by atoms with E-state index in [1.54, 1.807) is 20.8 Å². The molecule has 0 radical (unpaired) electrons. The molecular weight excluding hydrogens is 676 g/mol. The van der Waals surface area contributed by atoms with Crippen molar-refractivity contribution in [2.75, 3.05) is 28.2 Å². The average molecular weight is 749 g/mol. The van der Waals surface area contributed by atoms with Gasteiger partial charge in [-0.3, -0.25) is 33.6 Å². The molecule has 13 heteroatoms. The second-order valence-corrected chi connectivity index (χ2v) is 17.1. The molecule has 1 saturated carbocycles. The highest BCUT2D eigenvalue weighted by Gasteiger charge is 2.53. The van der Waals surface area contributed by atoms with Crippen molar-refractivity contribution in [3.05, 3.63) is 0 Å². The molecule has 0 aromatic rings. The van der Waals surface area contributed by atoms with Crippen molar-refractivity contribution in [2.45, 2.75) is 146 Å². The van der Waals surface area contributed by atoms with Gasteiger partial charge in [0.25, 0.3) is 0 Å². The van der Waals surface area contributed by atoms with Gasteiger partial charge in [-0.2, -0.15) is 0 Å². The number of amides is 6. The SMILES string of the molecule is CC(=O)[C@@H](C)N(C)C(=O)[C@H](C)N(C)C(=O)[C@@H](NC(=O)[C@H](CC(C)C)N(C)C(=O)[C@H](C)N(C)C(=O)[C@@H](CC(C)C)NC(=O)[C@H](C)CC(C)C)C1[C@@H](C)[C@@H]1C. The van der Waals surface area contributed by atoms with E-state index in [2.05, 4.69) is 10.6 Å². The first-order chi connectivity index (χ1) is 24.3. The van der Waals surface area contributed by atoms with E-state index in [0.29, 0.717) is 25.2 Å². The maximum absolute atomic E-state index is 14.2. The summed E-state index contributed by atoms with van der Waals surface area (Å²) < 4.78 is 0. The quantitative estimate of drug-likeness (QED) is 0.193. The number of hydrogen-bond donors (Lipinski definition) is 2. The Bertz CT molecular complexity index is 1310. The van der Waals surface area contributed by atoms with Crippen molar-refractivity contribution in [1.29, 1.82) is 0 Å². The lowest BCUT2D eigenvalue weighted by Gasteiger charge is -2.36. The predicted octanol–water partition coefficient (Wildman–Crippen LogP) is 3.59. The number of hydrogen-bond acceptors (Lipinski definition) is 7. The van der Waals surface area contributed by atoms with E-state index >= 15 is 0 Å². The summed E-state index contributed by atoms with van der Waals surface area (Å²) in [5, 5.41) is 5.90. The molecule has 0 unspecified atom stereocenters. The van der Waals surface area contributed by atoms with Crippen LogP contribution in [0.1, 0.15) is 109 Å². The summed E-state index contributed by atoms with van der Waals surface area (Å²) in [6.07, 6.45) is 1.38. The predicted molar refractivity (Wildman–Crippen MR) is 207 cm³/mol. The third-order valence-corrected chi connectivity index (χ3v) is 11.3. The van der Waals surface area contributed by atoms with Crippen molar-refractivity contribution < 1.29 is 33.6 Å². The number of ketones is 1. The van der Waals surface area contributed by atoms with Gasteiger partial charge in [0.2, 0.25) is 35.4 Å². The monoisotopic (exact) mass is 749 g/mol. The zero-order valence-electron chi connectivity index (χ0n) is 35.8. The zero-order valence-corrected chi connectivity index (χ0v) is 35.8. The molecule has 53 heavy (non-hydrogen) atoms. The molecule has 1 rings (SSSR count). The number of likely N-dealkylation sites (N-methyl/N-ethyl adjacent to an activating group) is 4. The number of nitrogens with one attached hydrogen (secondary N) is 2. The van der Waals surface area contributed by atoms with E-state index in [9.17, 15) is 33.6 Å². The zero-order chi connectivity index (χ0) is 41.4. The minimum atomic E-state index is -0.956. The number of carbonyl (C=O) groups is 7. The Kier molecular flexibility index (Phi) is 18.2. The summed E-state index contributed by atoms with van der Waals surface area (Å²) in [6.45, 7) is 24.0. The molecule has 0 saturated heterocycles. The number of rotatable bonds is 20. The van der Waals surface area contributed by atoms with Crippen molar-refractivity contribution in [3.63, 3.8) is 0 Å². The van der Waals surface area contributed by atoms with Crippen LogP contribution in [-0.2, 0) is 33.6 Å². The Balaban J connectivity index is 3.32. The fraction of sp³-hybridized carbons (Fsp3) is 0.825. The van der Waals surface area contributed by atoms with E-state index in [0.717, 1.165) is 0 Å². The van der Waals surface area contributed by atoms with Crippen LogP contribution < -0.4 is 10.6 Å². The van der Waals surface area contributed by atoms with Gasteiger partial charge in [0, 0.05) is 34.1 Å². The molecule has 9 atom stereocenters. The molecular formula is C40H72N6O7. The normalized spacial score (nSPS) is 20.7. The minimum Gasteiger partial charge on any atom is -0.344 e. The lowest BCUT2D eigenvalue weighted by molar-refractivity contribution is -0.150. The molecule has 0 heterocycles. The molecule has 1 fully saturated rings. The first-order valence-corrected chi connectivity index (χ1v) is 19.5. The molecule has 0 aromatic carbocycles. The third kappa shape index (κ3) is 12.8. The molecule has 304 valence electrons. The fourth-order valence-electron chi connectivity index (χ4n) is 6.97. The van der Waals surface area contributed by atoms with Crippen LogP contribution in [0.5, 0.6) is 0 Å². The smallest absolute Gasteiger partial charge is 0.245 e. The van der Waals surface area contributed by atoms with Crippen molar-refractivity contribution in [1.82, 2.24) is 30.2 Å². The van der Waals surface area contributed by atoms with Crippen LogP contribution in [0, 0.1) is 41.4 Å². The maximum atomic E-state index is 14.2. The van der Waals surface area contributed by atoms with Gasteiger partial charge < -0.3 is 30.2 Å². The minimum absolute atomic E-state index is 0.00109. The summed E-state index contributed by atoms with van der Waals surface area (Å²) in [5.74, 6) is -2.33. The highest BCUT2D eigenvalue weighted by Crippen LogP contribution is 2.48. The van der Waals surface area contributed by atoms with Crippen LogP contribution in [0.4, 0.5) is 0 Å². The Morgan fingerprint density at radius 3 is 1.34 bits per heavy atom. The van der Waals surface area contributed by atoms with E-state index in [4.69, 9.17) is 0 Å². The molecule has 1 aliphatic rings.